The van der Waals surface area contributed by atoms with E-state index in [2.05, 4.69) is 10.6 Å². The third kappa shape index (κ3) is 4.34. The fraction of sp³-hybridized carbons (Fsp3) is 0.333. The van der Waals surface area contributed by atoms with Crippen molar-refractivity contribution in [2.75, 3.05) is 32.5 Å². The fourth-order valence-electron chi connectivity index (χ4n) is 1.57. The Morgan fingerprint density at radius 1 is 1.33 bits per heavy atom. The number of para-hydroxylation sites is 1. The summed E-state index contributed by atoms with van der Waals surface area (Å²) in [5.41, 5.74) is -0.592. The average molecular weight is 296 g/mol. The van der Waals surface area contributed by atoms with Crippen LogP contribution < -0.4 is 10.6 Å². The SMILES string of the molecule is CN(C)C(=O)NCCNc1c(C(=O)O)cccc1[N+](=O)[O-]. The van der Waals surface area contributed by atoms with Gasteiger partial charge in [0.1, 0.15) is 5.69 Å². The Labute approximate surface area is 120 Å². The van der Waals surface area contributed by atoms with Crippen LogP contribution in [0.4, 0.5) is 16.2 Å². The molecule has 0 aromatic heterocycles. The summed E-state index contributed by atoms with van der Waals surface area (Å²) in [5.74, 6) is -1.27. The topological polar surface area (TPSA) is 125 Å². The lowest BCUT2D eigenvalue weighted by Crippen LogP contribution is -2.37. The Kier molecular flexibility index (Phi) is 5.47. The molecule has 0 aliphatic rings. The maximum Gasteiger partial charge on any atom is 0.338 e. The lowest BCUT2D eigenvalue weighted by atomic mass is 10.1. The molecular weight excluding hydrogens is 280 g/mol. The van der Waals surface area contributed by atoms with Crippen molar-refractivity contribution < 1.29 is 19.6 Å². The van der Waals surface area contributed by atoms with Gasteiger partial charge in [-0.25, -0.2) is 9.59 Å². The van der Waals surface area contributed by atoms with Gasteiger partial charge in [-0.15, -0.1) is 0 Å². The zero-order valence-corrected chi connectivity index (χ0v) is 11.6. The van der Waals surface area contributed by atoms with Crippen LogP contribution in [-0.2, 0) is 0 Å². The summed E-state index contributed by atoms with van der Waals surface area (Å²) < 4.78 is 0. The van der Waals surface area contributed by atoms with Crippen LogP contribution in [0.2, 0.25) is 0 Å². The maximum absolute atomic E-state index is 11.3. The second-order valence-electron chi connectivity index (χ2n) is 4.32. The molecule has 1 rings (SSSR count). The van der Waals surface area contributed by atoms with Crippen LogP contribution in [0.25, 0.3) is 0 Å². The fourth-order valence-corrected chi connectivity index (χ4v) is 1.57. The smallest absolute Gasteiger partial charge is 0.338 e. The van der Waals surface area contributed by atoms with Crippen LogP contribution in [0.15, 0.2) is 18.2 Å². The molecule has 114 valence electrons. The van der Waals surface area contributed by atoms with E-state index in [4.69, 9.17) is 5.11 Å². The van der Waals surface area contributed by atoms with Gasteiger partial charge in [0, 0.05) is 33.3 Å². The minimum atomic E-state index is -1.27. The van der Waals surface area contributed by atoms with Gasteiger partial charge in [-0.1, -0.05) is 6.07 Å². The highest BCUT2D eigenvalue weighted by Gasteiger charge is 2.20. The number of carbonyl (C=O) groups is 2. The molecule has 0 radical (unpaired) electrons. The van der Waals surface area contributed by atoms with Crippen LogP contribution in [0, 0.1) is 10.1 Å². The summed E-state index contributed by atoms with van der Waals surface area (Å²) in [4.78, 5) is 34.0. The van der Waals surface area contributed by atoms with Crippen molar-refractivity contribution in [2.45, 2.75) is 0 Å². The Morgan fingerprint density at radius 2 is 2.00 bits per heavy atom. The van der Waals surface area contributed by atoms with E-state index in [1.54, 1.807) is 14.1 Å². The average Bonchev–Trinajstić information content (AvgIpc) is 2.42. The first kappa shape index (κ1) is 16.2. The summed E-state index contributed by atoms with van der Waals surface area (Å²) in [5, 5.41) is 25.2. The predicted molar refractivity (Wildman–Crippen MR) is 75.6 cm³/mol. The van der Waals surface area contributed by atoms with Crippen molar-refractivity contribution in [2.24, 2.45) is 0 Å². The molecule has 3 N–H and O–H groups in total. The van der Waals surface area contributed by atoms with Crippen molar-refractivity contribution in [3.8, 4) is 0 Å². The molecular formula is C12H16N4O5. The molecule has 2 amide bonds. The highest BCUT2D eigenvalue weighted by atomic mass is 16.6. The van der Waals surface area contributed by atoms with Crippen LogP contribution in [0.5, 0.6) is 0 Å². The minimum absolute atomic E-state index is 0.0749. The van der Waals surface area contributed by atoms with Gasteiger partial charge in [0.2, 0.25) is 0 Å². The van der Waals surface area contributed by atoms with Crippen molar-refractivity contribution in [1.82, 2.24) is 10.2 Å². The molecule has 0 saturated carbocycles. The zero-order chi connectivity index (χ0) is 16.0. The van der Waals surface area contributed by atoms with Crippen LogP contribution in [-0.4, -0.2) is 54.1 Å². The van der Waals surface area contributed by atoms with E-state index in [-0.39, 0.29) is 36.1 Å². The number of nitro benzene ring substituents is 1. The Morgan fingerprint density at radius 3 is 2.52 bits per heavy atom. The van der Waals surface area contributed by atoms with Crippen molar-refractivity contribution >= 4 is 23.4 Å². The monoisotopic (exact) mass is 296 g/mol. The summed E-state index contributed by atoms with van der Waals surface area (Å²) in [6, 6.07) is 3.49. The number of hydrogen-bond donors (Lipinski definition) is 3. The number of hydrogen-bond acceptors (Lipinski definition) is 5. The Hall–Kier alpha value is -2.84. The van der Waals surface area contributed by atoms with Crippen molar-refractivity contribution in [1.29, 1.82) is 0 Å². The van der Waals surface area contributed by atoms with E-state index in [9.17, 15) is 19.7 Å². The Bertz CT molecular complexity index is 526. The second kappa shape index (κ2) is 7.08. The zero-order valence-electron chi connectivity index (χ0n) is 11.6. The number of amides is 2. The number of nitro groups is 1. The lowest BCUT2D eigenvalue weighted by Gasteiger charge is -2.13. The van der Waals surface area contributed by atoms with Crippen LogP contribution >= 0.6 is 0 Å². The van der Waals surface area contributed by atoms with Gasteiger partial charge in [-0.2, -0.15) is 0 Å². The summed E-state index contributed by atoms with van der Waals surface area (Å²) in [7, 11) is 3.15. The number of carboxylic acid groups (broad SMARTS) is 1. The number of benzene rings is 1. The number of nitrogens with one attached hydrogen (secondary N) is 2. The summed E-state index contributed by atoms with van der Waals surface area (Å²) >= 11 is 0. The summed E-state index contributed by atoms with van der Waals surface area (Å²) in [6.45, 7) is 0.354. The highest BCUT2D eigenvalue weighted by molar-refractivity contribution is 5.96. The Balaban J connectivity index is 2.79. The second-order valence-corrected chi connectivity index (χ2v) is 4.32. The molecule has 0 fully saturated rings. The number of aromatic carboxylic acids is 1. The molecule has 0 aliphatic carbocycles. The van der Waals surface area contributed by atoms with E-state index >= 15 is 0 Å². The number of rotatable bonds is 6. The molecule has 0 bridgehead atoms. The van der Waals surface area contributed by atoms with Crippen molar-refractivity contribution in [3.63, 3.8) is 0 Å². The van der Waals surface area contributed by atoms with Crippen LogP contribution in [0.3, 0.4) is 0 Å². The van der Waals surface area contributed by atoms with Crippen LogP contribution in [0.1, 0.15) is 10.4 Å². The van der Waals surface area contributed by atoms with E-state index < -0.39 is 10.9 Å². The first-order chi connectivity index (χ1) is 9.84. The van der Waals surface area contributed by atoms with Gasteiger partial charge in [0.05, 0.1) is 10.5 Å². The largest absolute Gasteiger partial charge is 0.478 e. The molecule has 1 aromatic rings. The molecule has 0 aliphatic heterocycles. The molecule has 9 nitrogen and oxygen atoms in total. The van der Waals surface area contributed by atoms with Crippen molar-refractivity contribution in [3.05, 3.63) is 33.9 Å². The van der Waals surface area contributed by atoms with E-state index in [1.165, 1.54) is 23.1 Å². The lowest BCUT2D eigenvalue weighted by molar-refractivity contribution is -0.384. The van der Waals surface area contributed by atoms with Gasteiger partial charge in [0.15, 0.2) is 0 Å². The third-order valence-electron chi connectivity index (χ3n) is 2.58. The number of urea groups is 1. The number of carbonyl (C=O) groups excluding carboxylic acids is 1. The molecule has 1 aromatic carbocycles. The standard InChI is InChI=1S/C12H16N4O5/c1-15(2)12(19)14-7-6-13-10-8(11(17)18)4-3-5-9(10)16(20)21/h3-5,13H,6-7H2,1-2H3,(H,14,19)(H,17,18). The number of carboxylic acids is 1. The predicted octanol–water partition coefficient (Wildman–Crippen LogP) is 0.976. The van der Waals surface area contributed by atoms with E-state index in [0.717, 1.165) is 0 Å². The van der Waals surface area contributed by atoms with E-state index in [0.29, 0.717) is 0 Å². The summed E-state index contributed by atoms with van der Waals surface area (Å²) in [6.07, 6.45) is 0. The molecule has 9 heteroatoms. The van der Waals surface area contributed by atoms with Gasteiger partial charge in [-0.3, -0.25) is 10.1 Å². The normalized spacial score (nSPS) is 9.81. The highest BCUT2D eigenvalue weighted by Crippen LogP contribution is 2.27. The number of nitrogens with zero attached hydrogens (tertiary/aromatic N) is 2. The van der Waals surface area contributed by atoms with Gasteiger partial charge in [0.25, 0.3) is 5.69 Å². The van der Waals surface area contributed by atoms with Gasteiger partial charge in [-0.05, 0) is 6.07 Å². The maximum atomic E-state index is 11.3. The van der Waals surface area contributed by atoms with E-state index in [1.807, 2.05) is 0 Å². The molecule has 0 unspecified atom stereocenters. The first-order valence-corrected chi connectivity index (χ1v) is 6.04. The van der Waals surface area contributed by atoms with Gasteiger partial charge < -0.3 is 20.6 Å². The quantitative estimate of drug-likeness (QED) is 0.408. The number of anilines is 1. The van der Waals surface area contributed by atoms with Gasteiger partial charge >= 0.3 is 12.0 Å². The minimum Gasteiger partial charge on any atom is -0.478 e. The molecule has 0 saturated heterocycles. The molecule has 0 spiro atoms. The first-order valence-electron chi connectivity index (χ1n) is 6.04. The molecule has 0 atom stereocenters. The molecule has 0 heterocycles. The molecule has 21 heavy (non-hydrogen) atoms. The third-order valence-corrected chi connectivity index (χ3v) is 2.58.